The van der Waals surface area contributed by atoms with Crippen LogP contribution in [-0.2, 0) is 11.3 Å². The molecule has 3 amide bonds. The van der Waals surface area contributed by atoms with Gasteiger partial charge in [-0.2, -0.15) is 5.26 Å². The van der Waals surface area contributed by atoms with Gasteiger partial charge in [0.1, 0.15) is 0 Å². The zero-order valence-corrected chi connectivity index (χ0v) is 16.4. The molecule has 1 aromatic carbocycles. The first-order valence-electron chi connectivity index (χ1n) is 9.31. The van der Waals surface area contributed by atoms with Crippen molar-refractivity contribution in [1.29, 1.82) is 5.26 Å². The summed E-state index contributed by atoms with van der Waals surface area (Å²) in [6.07, 6.45) is 0.970. The van der Waals surface area contributed by atoms with Crippen molar-refractivity contribution in [3.8, 4) is 6.07 Å². The van der Waals surface area contributed by atoms with E-state index >= 15 is 0 Å². The first-order valence-corrected chi connectivity index (χ1v) is 9.31. The SMILES string of the molecule is CC(C)(C)NC(=O)NC(=O)CN1CCCN(Cc2ccc(C#N)cc2)CC1. The molecule has 7 heteroatoms. The maximum Gasteiger partial charge on any atom is 0.321 e. The first-order chi connectivity index (χ1) is 12.7. The second-order valence-corrected chi connectivity index (χ2v) is 7.97. The van der Waals surface area contributed by atoms with Gasteiger partial charge < -0.3 is 5.32 Å². The van der Waals surface area contributed by atoms with Crippen LogP contribution in [0.15, 0.2) is 24.3 Å². The number of nitriles is 1. The van der Waals surface area contributed by atoms with Crippen LogP contribution in [0.3, 0.4) is 0 Å². The third-order valence-electron chi connectivity index (χ3n) is 4.28. The average molecular weight is 371 g/mol. The van der Waals surface area contributed by atoms with E-state index in [4.69, 9.17) is 5.26 Å². The fourth-order valence-corrected chi connectivity index (χ4v) is 3.02. The van der Waals surface area contributed by atoms with Gasteiger partial charge in [-0.25, -0.2) is 4.79 Å². The molecule has 1 fully saturated rings. The smallest absolute Gasteiger partial charge is 0.321 e. The number of urea groups is 1. The number of amides is 3. The third kappa shape index (κ3) is 7.77. The lowest BCUT2D eigenvalue weighted by molar-refractivity contribution is -0.121. The molecule has 1 heterocycles. The lowest BCUT2D eigenvalue weighted by Gasteiger charge is -2.23. The Balaban J connectivity index is 1.77. The molecule has 0 bridgehead atoms. The van der Waals surface area contributed by atoms with Crippen molar-refractivity contribution in [3.05, 3.63) is 35.4 Å². The van der Waals surface area contributed by atoms with E-state index in [1.54, 1.807) is 0 Å². The lowest BCUT2D eigenvalue weighted by Crippen LogP contribution is -2.50. The average Bonchev–Trinajstić information content (AvgIpc) is 2.79. The summed E-state index contributed by atoms with van der Waals surface area (Å²) in [6.45, 7) is 10.1. The molecule has 1 aromatic rings. The molecule has 2 rings (SSSR count). The molecule has 0 radical (unpaired) electrons. The van der Waals surface area contributed by atoms with E-state index in [0.29, 0.717) is 5.56 Å². The summed E-state index contributed by atoms with van der Waals surface area (Å²) in [6, 6.07) is 9.33. The Morgan fingerprint density at radius 1 is 1.07 bits per heavy atom. The maximum absolute atomic E-state index is 12.1. The molecule has 0 aromatic heterocycles. The Kier molecular flexibility index (Phi) is 7.34. The molecule has 2 N–H and O–H groups in total. The van der Waals surface area contributed by atoms with Crippen molar-refractivity contribution in [2.75, 3.05) is 32.7 Å². The van der Waals surface area contributed by atoms with Gasteiger partial charge in [0.25, 0.3) is 0 Å². The number of nitrogens with one attached hydrogen (secondary N) is 2. The summed E-state index contributed by atoms with van der Waals surface area (Å²) in [5.41, 5.74) is 1.47. The summed E-state index contributed by atoms with van der Waals surface area (Å²) in [5.74, 6) is -0.280. The second kappa shape index (κ2) is 9.49. The van der Waals surface area contributed by atoms with E-state index in [9.17, 15) is 9.59 Å². The molecular weight excluding hydrogens is 342 g/mol. The largest absolute Gasteiger partial charge is 0.333 e. The predicted octanol–water partition coefficient (Wildman–Crippen LogP) is 1.69. The van der Waals surface area contributed by atoms with Crippen LogP contribution in [0.1, 0.15) is 38.3 Å². The molecule has 0 aliphatic carbocycles. The van der Waals surface area contributed by atoms with Crippen LogP contribution in [0.4, 0.5) is 4.79 Å². The van der Waals surface area contributed by atoms with Crippen LogP contribution in [0.2, 0.25) is 0 Å². The summed E-state index contributed by atoms with van der Waals surface area (Å²) < 4.78 is 0. The minimum atomic E-state index is -0.454. The van der Waals surface area contributed by atoms with Gasteiger partial charge in [0.05, 0.1) is 18.2 Å². The predicted molar refractivity (Wildman–Crippen MR) is 104 cm³/mol. The van der Waals surface area contributed by atoms with E-state index in [2.05, 4.69) is 26.5 Å². The molecule has 27 heavy (non-hydrogen) atoms. The fourth-order valence-electron chi connectivity index (χ4n) is 3.02. The number of carbonyl (C=O) groups excluding carboxylic acids is 2. The first kappa shape index (κ1) is 20.9. The molecule has 1 aliphatic heterocycles. The topological polar surface area (TPSA) is 88.5 Å². The maximum atomic E-state index is 12.1. The van der Waals surface area contributed by atoms with E-state index in [-0.39, 0.29) is 18.0 Å². The van der Waals surface area contributed by atoms with E-state index in [1.165, 1.54) is 5.56 Å². The number of carbonyl (C=O) groups is 2. The summed E-state index contributed by atoms with van der Waals surface area (Å²) in [7, 11) is 0. The molecule has 0 unspecified atom stereocenters. The zero-order chi connectivity index (χ0) is 19.9. The van der Waals surface area contributed by atoms with Crippen LogP contribution in [-0.4, -0.2) is 60.0 Å². The summed E-state index contributed by atoms with van der Waals surface area (Å²) >= 11 is 0. The van der Waals surface area contributed by atoms with Crippen LogP contribution in [0, 0.1) is 11.3 Å². The van der Waals surface area contributed by atoms with Gasteiger partial charge in [-0.05, 0) is 58.0 Å². The number of nitrogens with zero attached hydrogens (tertiary/aromatic N) is 3. The number of hydrogen-bond acceptors (Lipinski definition) is 5. The summed E-state index contributed by atoms with van der Waals surface area (Å²) in [5, 5.41) is 14.0. The molecule has 7 nitrogen and oxygen atoms in total. The standard InChI is InChI=1S/C20H29N5O2/c1-20(2,3)23-19(27)22-18(26)15-25-10-4-9-24(11-12-25)14-17-7-5-16(13-21)6-8-17/h5-8H,4,9-12,14-15H2,1-3H3,(H2,22,23,26,27). The molecule has 0 atom stereocenters. The molecule has 0 spiro atoms. The Bertz CT molecular complexity index is 688. The van der Waals surface area contributed by atoms with Crippen molar-refractivity contribution >= 4 is 11.9 Å². The number of imide groups is 1. The fraction of sp³-hybridized carbons (Fsp3) is 0.550. The Morgan fingerprint density at radius 3 is 2.33 bits per heavy atom. The Labute approximate surface area is 161 Å². The monoisotopic (exact) mass is 371 g/mol. The van der Waals surface area contributed by atoms with Gasteiger partial charge >= 0.3 is 6.03 Å². The summed E-state index contributed by atoms with van der Waals surface area (Å²) in [4.78, 5) is 28.3. The van der Waals surface area contributed by atoms with E-state index < -0.39 is 6.03 Å². The number of rotatable bonds is 4. The van der Waals surface area contributed by atoms with Crippen LogP contribution in [0.25, 0.3) is 0 Å². The Morgan fingerprint density at radius 2 is 1.70 bits per heavy atom. The minimum absolute atomic E-state index is 0.224. The van der Waals surface area contributed by atoms with Crippen LogP contribution >= 0.6 is 0 Å². The highest BCUT2D eigenvalue weighted by Gasteiger charge is 2.20. The molecule has 146 valence electrons. The highest BCUT2D eigenvalue weighted by molar-refractivity contribution is 5.95. The van der Waals surface area contributed by atoms with Gasteiger partial charge in [0, 0.05) is 25.2 Å². The van der Waals surface area contributed by atoms with Crippen LogP contribution < -0.4 is 10.6 Å². The normalized spacial score (nSPS) is 16.2. The molecule has 1 aliphatic rings. The van der Waals surface area contributed by atoms with Crippen molar-refractivity contribution in [1.82, 2.24) is 20.4 Å². The highest BCUT2D eigenvalue weighted by Crippen LogP contribution is 2.10. The van der Waals surface area contributed by atoms with Gasteiger partial charge in [-0.15, -0.1) is 0 Å². The molecular formula is C20H29N5O2. The van der Waals surface area contributed by atoms with Gasteiger partial charge in [-0.3, -0.25) is 19.9 Å². The van der Waals surface area contributed by atoms with E-state index in [0.717, 1.165) is 39.1 Å². The number of hydrogen-bond donors (Lipinski definition) is 2. The lowest BCUT2D eigenvalue weighted by atomic mass is 10.1. The van der Waals surface area contributed by atoms with Crippen molar-refractivity contribution in [3.63, 3.8) is 0 Å². The van der Waals surface area contributed by atoms with E-state index in [1.807, 2.05) is 45.0 Å². The third-order valence-corrected chi connectivity index (χ3v) is 4.28. The van der Waals surface area contributed by atoms with Gasteiger partial charge in [0.15, 0.2) is 0 Å². The highest BCUT2D eigenvalue weighted by atomic mass is 16.2. The molecule has 0 saturated carbocycles. The quantitative estimate of drug-likeness (QED) is 0.841. The number of benzene rings is 1. The van der Waals surface area contributed by atoms with Crippen molar-refractivity contribution < 1.29 is 9.59 Å². The van der Waals surface area contributed by atoms with Crippen molar-refractivity contribution in [2.24, 2.45) is 0 Å². The second-order valence-electron chi connectivity index (χ2n) is 7.97. The molecule has 1 saturated heterocycles. The Hall–Kier alpha value is -2.43. The van der Waals surface area contributed by atoms with Crippen molar-refractivity contribution in [2.45, 2.75) is 39.3 Å². The van der Waals surface area contributed by atoms with Gasteiger partial charge in [0.2, 0.25) is 5.91 Å². The zero-order valence-electron chi connectivity index (χ0n) is 16.4. The van der Waals surface area contributed by atoms with Gasteiger partial charge in [-0.1, -0.05) is 12.1 Å². The van der Waals surface area contributed by atoms with Crippen LogP contribution in [0.5, 0.6) is 0 Å². The minimum Gasteiger partial charge on any atom is -0.333 e.